The first-order chi connectivity index (χ1) is 6.86. The Morgan fingerprint density at radius 3 is 2.64 bits per heavy atom. The second-order valence-electron chi connectivity index (χ2n) is 2.92. The summed E-state index contributed by atoms with van der Waals surface area (Å²) in [6.07, 6.45) is 5.47. The highest BCUT2D eigenvalue weighted by Crippen LogP contribution is 2.26. The molecular weight excluding hydrogens is 190 g/mol. The zero-order chi connectivity index (χ0) is 9.97. The van der Waals surface area contributed by atoms with Gasteiger partial charge in [0.2, 0.25) is 0 Å². The third-order valence-corrected chi connectivity index (χ3v) is 2.76. The maximum absolute atomic E-state index is 5.54. The maximum atomic E-state index is 5.54. The number of benzene rings is 2. The first-order valence-corrected chi connectivity index (χ1v) is 5.10. The van der Waals surface area contributed by atoms with Crippen LogP contribution < -0.4 is 5.14 Å². The zero-order valence-electron chi connectivity index (χ0n) is 7.53. The van der Waals surface area contributed by atoms with E-state index in [2.05, 4.69) is 5.92 Å². The molecule has 0 aliphatic carbocycles. The molecule has 0 aromatic heterocycles. The van der Waals surface area contributed by atoms with Crippen LogP contribution in [0.3, 0.4) is 0 Å². The second kappa shape index (κ2) is 3.75. The Kier molecular flexibility index (Phi) is 2.45. The van der Waals surface area contributed by atoms with Crippen LogP contribution in [0.4, 0.5) is 0 Å². The molecule has 0 amide bonds. The van der Waals surface area contributed by atoms with Crippen LogP contribution >= 0.6 is 11.9 Å². The molecule has 14 heavy (non-hydrogen) atoms. The minimum absolute atomic E-state index is 0.885. The van der Waals surface area contributed by atoms with Gasteiger partial charge >= 0.3 is 0 Å². The smallest absolute Gasteiger partial charge is 0.0470 e. The molecule has 0 atom stereocenters. The van der Waals surface area contributed by atoms with Crippen molar-refractivity contribution in [2.75, 3.05) is 0 Å². The summed E-state index contributed by atoms with van der Waals surface area (Å²) in [6, 6.07) is 12.0. The summed E-state index contributed by atoms with van der Waals surface area (Å²) in [5, 5.41) is 7.78. The van der Waals surface area contributed by atoms with Crippen molar-refractivity contribution in [2.24, 2.45) is 5.14 Å². The van der Waals surface area contributed by atoms with E-state index >= 15 is 0 Å². The van der Waals surface area contributed by atoms with Gasteiger partial charge in [0.1, 0.15) is 0 Å². The number of fused-ring (bicyclic) bond motifs is 1. The Bertz CT molecular complexity index is 511. The molecule has 2 aromatic rings. The molecule has 68 valence electrons. The highest BCUT2D eigenvalue weighted by atomic mass is 32.2. The minimum atomic E-state index is 0.885. The molecule has 0 heterocycles. The quantitative estimate of drug-likeness (QED) is 0.564. The van der Waals surface area contributed by atoms with Gasteiger partial charge in [-0.3, -0.25) is 5.14 Å². The van der Waals surface area contributed by atoms with Crippen LogP contribution in [0.1, 0.15) is 5.56 Å². The minimum Gasteiger partial charge on any atom is -0.274 e. The van der Waals surface area contributed by atoms with Gasteiger partial charge in [0.15, 0.2) is 0 Å². The van der Waals surface area contributed by atoms with E-state index in [9.17, 15) is 0 Å². The first kappa shape index (κ1) is 9.14. The van der Waals surface area contributed by atoms with Crippen molar-refractivity contribution in [2.45, 2.75) is 4.90 Å². The summed E-state index contributed by atoms with van der Waals surface area (Å²) in [7, 11) is 0. The molecule has 2 aromatic carbocycles. The molecule has 0 saturated carbocycles. The summed E-state index contributed by atoms with van der Waals surface area (Å²) in [4.78, 5) is 0.950. The van der Waals surface area contributed by atoms with Gasteiger partial charge in [0.25, 0.3) is 0 Å². The standard InChI is InChI=1S/C12H9NS/c1-2-10-11-6-4-3-5-9(11)7-8-12(10)14-13/h1,3-8H,13H2. The second-order valence-corrected chi connectivity index (χ2v) is 3.60. The lowest BCUT2D eigenvalue weighted by atomic mass is 10.1. The van der Waals surface area contributed by atoms with E-state index in [0.29, 0.717) is 0 Å². The van der Waals surface area contributed by atoms with E-state index in [1.807, 2.05) is 36.4 Å². The zero-order valence-corrected chi connectivity index (χ0v) is 8.34. The van der Waals surface area contributed by atoms with Crippen molar-refractivity contribution in [3.8, 4) is 12.3 Å². The van der Waals surface area contributed by atoms with Crippen LogP contribution in [-0.4, -0.2) is 0 Å². The predicted octanol–water partition coefficient (Wildman–Crippen LogP) is 2.79. The summed E-state index contributed by atoms with van der Waals surface area (Å²) < 4.78 is 0. The van der Waals surface area contributed by atoms with Gasteiger partial charge in [-0.1, -0.05) is 36.3 Å². The normalized spacial score (nSPS) is 10.0. The van der Waals surface area contributed by atoms with Crippen molar-refractivity contribution in [3.05, 3.63) is 42.0 Å². The number of nitrogens with two attached hydrogens (primary N) is 1. The summed E-state index contributed by atoms with van der Waals surface area (Å²) in [6.45, 7) is 0. The number of hydrogen-bond donors (Lipinski definition) is 1. The van der Waals surface area contributed by atoms with E-state index in [-0.39, 0.29) is 0 Å². The lowest BCUT2D eigenvalue weighted by Gasteiger charge is -2.04. The molecule has 2 rings (SSSR count). The highest BCUT2D eigenvalue weighted by molar-refractivity contribution is 7.97. The highest BCUT2D eigenvalue weighted by Gasteiger charge is 2.03. The fourth-order valence-corrected chi connectivity index (χ4v) is 1.93. The van der Waals surface area contributed by atoms with E-state index in [1.165, 1.54) is 11.9 Å². The lowest BCUT2D eigenvalue weighted by Crippen LogP contribution is -1.87. The Balaban J connectivity index is 2.85. The molecule has 0 bridgehead atoms. The SMILES string of the molecule is C#Cc1c(SN)ccc2ccccc12. The van der Waals surface area contributed by atoms with E-state index in [0.717, 1.165) is 21.2 Å². The summed E-state index contributed by atoms with van der Waals surface area (Å²) in [5.74, 6) is 2.69. The van der Waals surface area contributed by atoms with Crippen molar-refractivity contribution in [1.29, 1.82) is 0 Å². The van der Waals surface area contributed by atoms with Crippen molar-refractivity contribution >= 4 is 22.7 Å². The largest absolute Gasteiger partial charge is 0.274 e. The van der Waals surface area contributed by atoms with Crippen LogP contribution in [0.5, 0.6) is 0 Å². The molecule has 0 spiro atoms. The van der Waals surface area contributed by atoms with Crippen LogP contribution in [0, 0.1) is 12.3 Å². The molecule has 0 unspecified atom stereocenters. The summed E-state index contributed by atoms with van der Waals surface area (Å²) in [5.41, 5.74) is 0.885. The van der Waals surface area contributed by atoms with Gasteiger partial charge in [-0.25, -0.2) is 0 Å². The molecule has 0 aliphatic rings. The Morgan fingerprint density at radius 1 is 1.14 bits per heavy atom. The Morgan fingerprint density at radius 2 is 1.93 bits per heavy atom. The van der Waals surface area contributed by atoms with Crippen molar-refractivity contribution < 1.29 is 0 Å². The van der Waals surface area contributed by atoms with Crippen molar-refractivity contribution in [3.63, 3.8) is 0 Å². The van der Waals surface area contributed by atoms with Crippen LogP contribution in [-0.2, 0) is 0 Å². The molecule has 1 nitrogen and oxygen atoms in total. The van der Waals surface area contributed by atoms with Gasteiger partial charge in [0.05, 0.1) is 0 Å². The number of rotatable bonds is 1. The molecule has 2 heteroatoms. The fourth-order valence-electron chi connectivity index (χ4n) is 1.50. The van der Waals surface area contributed by atoms with Crippen LogP contribution in [0.2, 0.25) is 0 Å². The van der Waals surface area contributed by atoms with Gasteiger partial charge in [-0.15, -0.1) is 6.42 Å². The van der Waals surface area contributed by atoms with Gasteiger partial charge in [-0.2, -0.15) is 0 Å². The van der Waals surface area contributed by atoms with Gasteiger partial charge < -0.3 is 0 Å². The predicted molar refractivity (Wildman–Crippen MR) is 61.9 cm³/mol. The average molecular weight is 199 g/mol. The fraction of sp³-hybridized carbons (Fsp3) is 0. The average Bonchev–Trinajstić information content (AvgIpc) is 2.27. The van der Waals surface area contributed by atoms with E-state index < -0.39 is 0 Å². The molecular formula is C12H9NS. The Hall–Kier alpha value is -1.43. The van der Waals surface area contributed by atoms with E-state index in [4.69, 9.17) is 11.6 Å². The molecule has 0 radical (unpaired) electrons. The molecule has 0 aliphatic heterocycles. The van der Waals surface area contributed by atoms with Crippen molar-refractivity contribution in [1.82, 2.24) is 0 Å². The van der Waals surface area contributed by atoms with Gasteiger partial charge in [0, 0.05) is 10.5 Å². The third-order valence-electron chi connectivity index (χ3n) is 2.16. The Labute approximate surface area is 87.4 Å². The monoisotopic (exact) mass is 199 g/mol. The van der Waals surface area contributed by atoms with Crippen LogP contribution in [0.25, 0.3) is 10.8 Å². The number of terminal acetylenes is 1. The topological polar surface area (TPSA) is 26.0 Å². The third kappa shape index (κ3) is 1.37. The lowest BCUT2D eigenvalue weighted by molar-refractivity contribution is 1.46. The number of hydrogen-bond acceptors (Lipinski definition) is 2. The van der Waals surface area contributed by atoms with Crippen LogP contribution in [0.15, 0.2) is 41.3 Å². The molecule has 0 fully saturated rings. The van der Waals surface area contributed by atoms with Gasteiger partial charge in [-0.05, 0) is 28.8 Å². The molecule has 2 N–H and O–H groups in total. The summed E-state index contributed by atoms with van der Waals surface area (Å²) >= 11 is 1.19. The maximum Gasteiger partial charge on any atom is 0.0470 e. The molecule has 0 saturated heterocycles. The first-order valence-electron chi connectivity index (χ1n) is 4.22. The van der Waals surface area contributed by atoms with E-state index in [1.54, 1.807) is 0 Å².